The number of allylic oxidation sites excluding steroid dienone is 1. The maximum absolute atomic E-state index is 3.44. The van der Waals surface area contributed by atoms with Crippen LogP contribution in [-0.2, 0) is 0 Å². The molecule has 0 fully saturated rings. The summed E-state index contributed by atoms with van der Waals surface area (Å²) in [5, 5.41) is 1.85. The first-order chi connectivity index (χ1) is 5.86. The largest absolute Gasteiger partial charge is 0.0880 e. The molecule has 0 amide bonds. The zero-order valence-corrected chi connectivity index (χ0v) is 9.81. The Morgan fingerprint density at radius 2 is 1.67 bits per heavy atom. The number of hydrogen-bond acceptors (Lipinski definition) is 0. The topological polar surface area (TPSA) is 0 Å². The lowest BCUT2D eigenvalue weighted by Gasteiger charge is -1.97. The number of halogens is 2. The van der Waals surface area contributed by atoms with E-state index in [0.29, 0.717) is 0 Å². The predicted molar refractivity (Wildman–Crippen MR) is 62.0 cm³/mol. The second-order valence-corrected chi connectivity index (χ2v) is 3.60. The van der Waals surface area contributed by atoms with Crippen LogP contribution in [0.25, 0.3) is 6.08 Å². The summed E-state index contributed by atoms with van der Waals surface area (Å²) in [6.07, 6.45) is 2.18. The third-order valence-corrected chi connectivity index (χ3v) is 2.95. The second kappa shape index (κ2) is 5.55. The molecule has 1 aromatic rings. The van der Waals surface area contributed by atoms with E-state index in [4.69, 9.17) is 0 Å². The highest BCUT2D eigenvalue weighted by Gasteiger charge is 1.92. The fraction of sp³-hybridized carbons (Fsp3) is 0.200. The van der Waals surface area contributed by atoms with Crippen LogP contribution in [0.3, 0.4) is 0 Å². The third kappa shape index (κ3) is 3.11. The third-order valence-electron chi connectivity index (χ3n) is 1.51. The molecule has 0 aromatic heterocycles. The van der Waals surface area contributed by atoms with Gasteiger partial charge in [0.05, 0.1) is 0 Å². The SMILES string of the molecule is BrCC(=Cc1ccccc1)CBr. The lowest BCUT2D eigenvalue weighted by Crippen LogP contribution is -1.84. The molecule has 0 unspecified atom stereocenters. The molecular formula is C10H10Br2. The van der Waals surface area contributed by atoms with E-state index in [1.807, 2.05) is 18.2 Å². The Balaban J connectivity index is 2.79. The molecule has 0 aliphatic heterocycles. The highest BCUT2D eigenvalue weighted by Crippen LogP contribution is 2.10. The van der Waals surface area contributed by atoms with Gasteiger partial charge in [0, 0.05) is 10.7 Å². The zero-order chi connectivity index (χ0) is 8.81. The minimum Gasteiger partial charge on any atom is -0.0880 e. The van der Waals surface area contributed by atoms with E-state index < -0.39 is 0 Å². The average Bonchev–Trinajstić information content (AvgIpc) is 2.16. The Labute approximate surface area is 89.9 Å². The molecule has 2 heteroatoms. The molecule has 0 spiro atoms. The van der Waals surface area contributed by atoms with Gasteiger partial charge in [0.25, 0.3) is 0 Å². The molecule has 0 aliphatic rings. The molecule has 64 valence electrons. The molecule has 1 rings (SSSR count). The molecular weight excluding hydrogens is 280 g/mol. The Morgan fingerprint density at radius 3 is 2.17 bits per heavy atom. The van der Waals surface area contributed by atoms with Crippen molar-refractivity contribution in [2.75, 3.05) is 10.7 Å². The molecule has 0 heterocycles. The van der Waals surface area contributed by atoms with Gasteiger partial charge in [-0.25, -0.2) is 0 Å². The van der Waals surface area contributed by atoms with Crippen LogP contribution in [0.2, 0.25) is 0 Å². The van der Waals surface area contributed by atoms with Crippen molar-refractivity contribution in [2.45, 2.75) is 0 Å². The van der Waals surface area contributed by atoms with Crippen LogP contribution in [0.15, 0.2) is 35.9 Å². The maximum atomic E-state index is 3.44. The van der Waals surface area contributed by atoms with Gasteiger partial charge in [-0.2, -0.15) is 0 Å². The molecule has 12 heavy (non-hydrogen) atoms. The van der Waals surface area contributed by atoms with Gasteiger partial charge >= 0.3 is 0 Å². The smallest absolute Gasteiger partial charge is 0.0253 e. The first-order valence-corrected chi connectivity index (χ1v) is 5.97. The summed E-state index contributed by atoms with van der Waals surface area (Å²) < 4.78 is 0. The van der Waals surface area contributed by atoms with E-state index in [2.05, 4.69) is 50.1 Å². The molecule has 0 radical (unpaired) electrons. The van der Waals surface area contributed by atoms with Crippen LogP contribution in [0.1, 0.15) is 5.56 Å². The summed E-state index contributed by atoms with van der Waals surface area (Å²) in [6.45, 7) is 0. The van der Waals surface area contributed by atoms with E-state index in [-0.39, 0.29) is 0 Å². The Morgan fingerprint density at radius 1 is 1.08 bits per heavy atom. The second-order valence-electron chi connectivity index (χ2n) is 2.48. The van der Waals surface area contributed by atoms with Gasteiger partial charge in [-0.05, 0) is 11.1 Å². The number of benzene rings is 1. The van der Waals surface area contributed by atoms with Crippen LogP contribution >= 0.6 is 31.9 Å². The van der Waals surface area contributed by atoms with Gasteiger partial charge in [0.1, 0.15) is 0 Å². The molecule has 0 N–H and O–H groups in total. The Kier molecular flexibility index (Phi) is 4.62. The molecule has 0 bridgehead atoms. The normalized spacial score (nSPS) is 9.50. The van der Waals surface area contributed by atoms with Crippen molar-refractivity contribution in [3.8, 4) is 0 Å². The minimum absolute atomic E-state index is 0.924. The average molecular weight is 290 g/mol. The van der Waals surface area contributed by atoms with Crippen molar-refractivity contribution in [1.82, 2.24) is 0 Å². The molecule has 0 nitrogen and oxygen atoms in total. The van der Waals surface area contributed by atoms with Crippen LogP contribution in [0.5, 0.6) is 0 Å². The van der Waals surface area contributed by atoms with Gasteiger partial charge in [-0.1, -0.05) is 68.3 Å². The summed E-state index contributed by atoms with van der Waals surface area (Å²) in [7, 11) is 0. The molecule has 0 atom stereocenters. The number of rotatable bonds is 3. The molecule has 0 saturated heterocycles. The van der Waals surface area contributed by atoms with Crippen LogP contribution in [0.4, 0.5) is 0 Å². The Bertz CT molecular complexity index is 246. The summed E-state index contributed by atoms with van der Waals surface area (Å²) >= 11 is 6.87. The lowest BCUT2D eigenvalue weighted by atomic mass is 10.2. The summed E-state index contributed by atoms with van der Waals surface area (Å²) in [4.78, 5) is 0. The van der Waals surface area contributed by atoms with Crippen molar-refractivity contribution in [1.29, 1.82) is 0 Å². The summed E-state index contributed by atoms with van der Waals surface area (Å²) in [5.74, 6) is 0. The first-order valence-electron chi connectivity index (χ1n) is 3.73. The fourth-order valence-corrected chi connectivity index (χ4v) is 2.15. The number of hydrogen-bond donors (Lipinski definition) is 0. The lowest BCUT2D eigenvalue weighted by molar-refractivity contribution is 1.48. The quantitative estimate of drug-likeness (QED) is 0.741. The van der Waals surface area contributed by atoms with Crippen molar-refractivity contribution >= 4 is 37.9 Å². The fourth-order valence-electron chi connectivity index (χ4n) is 0.898. The van der Waals surface area contributed by atoms with E-state index in [1.54, 1.807) is 0 Å². The minimum atomic E-state index is 0.924. The number of alkyl halides is 2. The van der Waals surface area contributed by atoms with Gasteiger partial charge < -0.3 is 0 Å². The predicted octanol–water partition coefficient (Wildman–Crippen LogP) is 3.86. The van der Waals surface area contributed by atoms with Gasteiger partial charge in [-0.15, -0.1) is 0 Å². The van der Waals surface area contributed by atoms with Crippen molar-refractivity contribution in [2.24, 2.45) is 0 Å². The van der Waals surface area contributed by atoms with E-state index in [0.717, 1.165) is 10.7 Å². The molecule has 0 aliphatic carbocycles. The Hall–Kier alpha value is -0.0800. The zero-order valence-electron chi connectivity index (χ0n) is 6.63. The van der Waals surface area contributed by atoms with E-state index >= 15 is 0 Å². The van der Waals surface area contributed by atoms with Crippen molar-refractivity contribution < 1.29 is 0 Å². The first kappa shape index (κ1) is 10.0. The van der Waals surface area contributed by atoms with Crippen molar-refractivity contribution in [3.05, 3.63) is 41.5 Å². The highest BCUT2D eigenvalue weighted by molar-refractivity contribution is 9.10. The van der Waals surface area contributed by atoms with E-state index in [9.17, 15) is 0 Å². The maximum Gasteiger partial charge on any atom is 0.0253 e. The van der Waals surface area contributed by atoms with Gasteiger partial charge in [0.15, 0.2) is 0 Å². The van der Waals surface area contributed by atoms with Gasteiger partial charge in [0.2, 0.25) is 0 Å². The monoisotopic (exact) mass is 288 g/mol. The van der Waals surface area contributed by atoms with Crippen molar-refractivity contribution in [3.63, 3.8) is 0 Å². The van der Waals surface area contributed by atoms with Gasteiger partial charge in [-0.3, -0.25) is 0 Å². The summed E-state index contributed by atoms with van der Waals surface area (Å²) in [5.41, 5.74) is 2.60. The van der Waals surface area contributed by atoms with E-state index in [1.165, 1.54) is 11.1 Å². The van der Waals surface area contributed by atoms with Crippen LogP contribution < -0.4 is 0 Å². The molecule has 1 aromatic carbocycles. The standard InChI is InChI=1S/C10H10Br2/c11-7-10(8-12)6-9-4-2-1-3-5-9/h1-6H,7-8H2. The van der Waals surface area contributed by atoms with Crippen LogP contribution in [-0.4, -0.2) is 10.7 Å². The highest BCUT2D eigenvalue weighted by atomic mass is 79.9. The van der Waals surface area contributed by atoms with Crippen LogP contribution in [0, 0.1) is 0 Å². The molecule has 0 saturated carbocycles. The summed E-state index contributed by atoms with van der Waals surface area (Å²) in [6, 6.07) is 10.3.